The second-order valence-corrected chi connectivity index (χ2v) is 11.6. The lowest BCUT2D eigenvalue weighted by Crippen LogP contribution is -2.76. The summed E-state index contributed by atoms with van der Waals surface area (Å²) >= 11 is 12.4. The molecule has 1 unspecified atom stereocenters. The second kappa shape index (κ2) is 11.4. The van der Waals surface area contributed by atoms with Crippen LogP contribution in [0.3, 0.4) is 0 Å². The third-order valence-electron chi connectivity index (χ3n) is 6.51. The lowest BCUT2D eigenvalue weighted by atomic mass is 9.51. The van der Waals surface area contributed by atoms with Gasteiger partial charge in [0.15, 0.2) is 7.85 Å². The van der Waals surface area contributed by atoms with E-state index >= 15 is 0 Å². The Hall–Kier alpha value is -1.62. The number of carbonyl (C=O) groups is 1. The molecule has 0 aliphatic carbocycles. The van der Waals surface area contributed by atoms with Crippen molar-refractivity contribution in [3.63, 3.8) is 0 Å². The molecule has 0 aromatic heterocycles. The molecule has 0 saturated carbocycles. The predicted octanol–water partition coefficient (Wildman–Crippen LogP) is -3.90. The number of carbonyl (C=O) groups excluding carboxylic acids is 1. The topological polar surface area (TPSA) is 119 Å². The fourth-order valence-electron chi connectivity index (χ4n) is 3.77. The number of anilines is 1. The maximum absolute atomic E-state index is 13.0. The number of aliphatic hydroxyl groups is 3. The van der Waals surface area contributed by atoms with Crippen molar-refractivity contribution in [2.24, 2.45) is 5.73 Å². The van der Waals surface area contributed by atoms with Gasteiger partial charge in [-0.25, -0.2) is 4.39 Å². The zero-order chi connectivity index (χ0) is 27.5. The van der Waals surface area contributed by atoms with Crippen LogP contribution in [0.1, 0.15) is 11.1 Å². The van der Waals surface area contributed by atoms with Crippen LogP contribution < -0.4 is 16.0 Å². The van der Waals surface area contributed by atoms with E-state index in [9.17, 15) is 24.5 Å². The number of alkyl halides is 2. The Balaban J connectivity index is 2.13. The van der Waals surface area contributed by atoms with Crippen molar-refractivity contribution in [1.29, 1.82) is 0 Å². The van der Waals surface area contributed by atoms with Gasteiger partial charge in [-0.05, 0) is 48.2 Å². The van der Waals surface area contributed by atoms with E-state index in [1.165, 1.54) is 40.6 Å². The highest BCUT2D eigenvalue weighted by Crippen LogP contribution is 2.38. The molecule has 2 aromatic rings. The van der Waals surface area contributed by atoms with Crippen molar-refractivity contribution < 1.29 is 24.5 Å². The van der Waals surface area contributed by atoms with Gasteiger partial charge in [-0.1, -0.05) is 35.9 Å². The highest BCUT2D eigenvalue weighted by atomic mass is 35.5. The SMILES string of the molecule is BC(B)(Cl)C(B)(O)N(c1ccc(C[C@H](N)C(=O)NCCc2ccc(F)cc2)cc1)C(B)(B)C(O)(O)Cl. The summed E-state index contributed by atoms with van der Waals surface area (Å²) in [6, 6.07) is 12.1. The number of nitrogens with one attached hydrogen (secondary N) is 1. The summed E-state index contributed by atoms with van der Waals surface area (Å²) in [6.45, 7) is 0.368. The molecule has 0 radical (unpaired) electrons. The minimum Gasteiger partial charge on any atom is -0.379 e. The molecule has 2 atom stereocenters. The highest BCUT2D eigenvalue weighted by molar-refractivity contribution is 6.66. The molecule has 36 heavy (non-hydrogen) atoms. The average Bonchev–Trinajstić information content (AvgIpc) is 2.74. The van der Waals surface area contributed by atoms with E-state index in [2.05, 4.69) is 5.32 Å². The number of benzene rings is 2. The van der Waals surface area contributed by atoms with Crippen molar-refractivity contribution in [3.05, 3.63) is 65.5 Å². The Bertz CT molecular complexity index is 1010. The van der Waals surface area contributed by atoms with Crippen LogP contribution in [-0.4, -0.2) is 93.9 Å². The van der Waals surface area contributed by atoms with Gasteiger partial charge in [-0.15, -0.1) is 11.6 Å². The molecular formula is C21H31B5Cl2FN3O4. The summed E-state index contributed by atoms with van der Waals surface area (Å²) in [4.78, 5) is 13.8. The van der Waals surface area contributed by atoms with Crippen LogP contribution in [0.5, 0.6) is 0 Å². The van der Waals surface area contributed by atoms with Crippen molar-refractivity contribution >= 4 is 74.0 Å². The van der Waals surface area contributed by atoms with Crippen LogP contribution in [0.15, 0.2) is 48.5 Å². The van der Waals surface area contributed by atoms with Gasteiger partial charge in [0.1, 0.15) is 42.8 Å². The third kappa shape index (κ3) is 7.24. The molecule has 0 aliphatic heterocycles. The van der Waals surface area contributed by atoms with Crippen molar-refractivity contribution in [2.45, 2.75) is 39.8 Å². The molecule has 0 spiro atoms. The number of halogens is 3. The summed E-state index contributed by atoms with van der Waals surface area (Å²) in [5.74, 6) is -0.629. The monoisotopic (exact) mass is 533 g/mol. The quantitative estimate of drug-likeness (QED) is 0.115. The Labute approximate surface area is 225 Å². The minimum absolute atomic E-state index is 0.253. The summed E-state index contributed by atoms with van der Waals surface area (Å²) < 4.78 is 11.8. The number of amides is 1. The second-order valence-electron chi connectivity index (χ2n) is 10.1. The van der Waals surface area contributed by atoms with Crippen LogP contribution >= 0.6 is 23.2 Å². The fourth-order valence-corrected chi connectivity index (χ4v) is 3.94. The average molecular weight is 533 g/mol. The van der Waals surface area contributed by atoms with Crippen molar-refractivity contribution in [2.75, 3.05) is 11.4 Å². The number of nitrogens with zero attached hydrogens (tertiary/aromatic N) is 1. The molecule has 2 rings (SSSR count). The molecule has 1 amide bonds. The maximum Gasteiger partial charge on any atom is 0.251 e. The molecule has 7 nitrogen and oxygen atoms in total. The van der Waals surface area contributed by atoms with Crippen LogP contribution in [0.25, 0.3) is 0 Å². The van der Waals surface area contributed by atoms with Crippen LogP contribution in [0, 0.1) is 5.82 Å². The molecule has 0 bridgehead atoms. The van der Waals surface area contributed by atoms with Crippen molar-refractivity contribution in [3.8, 4) is 0 Å². The smallest absolute Gasteiger partial charge is 0.251 e. The number of nitrogens with two attached hydrogens (primary N) is 1. The van der Waals surface area contributed by atoms with Crippen LogP contribution in [-0.2, 0) is 17.6 Å². The molecule has 0 fully saturated rings. The predicted molar refractivity (Wildman–Crippen MR) is 156 cm³/mol. The third-order valence-corrected chi connectivity index (χ3v) is 7.33. The van der Waals surface area contributed by atoms with Gasteiger partial charge < -0.3 is 31.3 Å². The largest absolute Gasteiger partial charge is 0.379 e. The zero-order valence-corrected chi connectivity index (χ0v) is 22.7. The van der Waals surface area contributed by atoms with E-state index in [4.69, 9.17) is 28.9 Å². The Morgan fingerprint density at radius 2 is 1.47 bits per heavy atom. The van der Waals surface area contributed by atoms with Gasteiger partial charge >= 0.3 is 0 Å². The lowest BCUT2D eigenvalue weighted by Gasteiger charge is -2.56. The fraction of sp³-hybridized carbons (Fsp3) is 0.381. The van der Waals surface area contributed by atoms with Crippen LogP contribution in [0.2, 0.25) is 0 Å². The molecule has 0 aliphatic rings. The number of rotatable bonds is 11. The molecule has 0 heterocycles. The van der Waals surface area contributed by atoms with Gasteiger partial charge in [0.05, 0.1) is 6.04 Å². The van der Waals surface area contributed by atoms with E-state index in [1.54, 1.807) is 52.1 Å². The highest BCUT2D eigenvalue weighted by Gasteiger charge is 2.54. The lowest BCUT2D eigenvalue weighted by molar-refractivity contribution is -0.122. The standard InChI is InChI=1S/C21H31B5Cl2FN3O4/c22-18(23,27)20(26,34)32(19(24,25)21(28,35)36)15-7-3-13(4-8-15)11-16(30)17(33)31-10-9-12-1-5-14(29)6-2-12/h1-8,16,34-36H,9-11,22-26,30H2,(H,31,33)/t16-,20?/m0/s1. The number of hydrogen-bond acceptors (Lipinski definition) is 6. The maximum atomic E-state index is 13.0. The Kier molecular flexibility index (Phi) is 9.70. The van der Waals surface area contributed by atoms with E-state index in [-0.39, 0.29) is 18.1 Å². The van der Waals surface area contributed by atoms with E-state index in [1.807, 2.05) is 0 Å². The van der Waals surface area contributed by atoms with Gasteiger partial charge in [-0.3, -0.25) is 4.79 Å². The first-order valence-electron chi connectivity index (χ1n) is 11.6. The molecule has 6 N–H and O–H groups in total. The summed E-state index contributed by atoms with van der Waals surface area (Å²) in [6.07, 6.45) is 0.802. The molecule has 0 saturated heterocycles. The van der Waals surface area contributed by atoms with Gasteiger partial charge in [-0.2, -0.15) is 0 Å². The van der Waals surface area contributed by atoms with E-state index in [0.717, 1.165) is 11.1 Å². The first-order valence-corrected chi connectivity index (χ1v) is 12.4. The van der Waals surface area contributed by atoms with Gasteiger partial charge in [0.25, 0.3) is 5.25 Å². The number of hydrogen-bond donors (Lipinski definition) is 5. The zero-order valence-electron chi connectivity index (χ0n) is 21.2. The Morgan fingerprint density at radius 1 is 0.972 bits per heavy atom. The van der Waals surface area contributed by atoms with Gasteiger partial charge in [0, 0.05) is 22.2 Å². The summed E-state index contributed by atoms with van der Waals surface area (Å²) in [7, 11) is 7.60. The first kappa shape index (κ1) is 30.6. The molecule has 190 valence electrons. The molecule has 2 aromatic carbocycles. The first-order chi connectivity index (χ1) is 16.4. The normalized spacial score (nSPS) is 15.1. The van der Waals surface area contributed by atoms with E-state index in [0.29, 0.717) is 18.7 Å². The molecule has 15 heteroatoms. The summed E-state index contributed by atoms with van der Waals surface area (Å²) in [5, 5.41) is 30.3. The van der Waals surface area contributed by atoms with Crippen molar-refractivity contribution in [1.82, 2.24) is 5.32 Å². The molecular weight excluding hydrogens is 502 g/mol. The summed E-state index contributed by atoms with van der Waals surface area (Å²) in [5.41, 5.74) is 6.41. The van der Waals surface area contributed by atoms with E-state index < -0.39 is 26.9 Å². The minimum atomic E-state index is -2.70. The Morgan fingerprint density at radius 3 is 1.94 bits per heavy atom. The van der Waals surface area contributed by atoms with Gasteiger partial charge in [0.2, 0.25) is 5.91 Å². The van der Waals surface area contributed by atoms with Crippen LogP contribution in [0.4, 0.5) is 10.1 Å².